The predicted octanol–water partition coefficient (Wildman–Crippen LogP) is 2.81. The lowest BCUT2D eigenvalue weighted by molar-refractivity contribution is -0.138. The summed E-state index contributed by atoms with van der Waals surface area (Å²) >= 11 is 0. The number of nitrogens with one attached hydrogen (secondary N) is 1. The number of aromatic nitrogens is 1. The fourth-order valence-corrected chi connectivity index (χ4v) is 3.76. The van der Waals surface area contributed by atoms with Crippen molar-refractivity contribution in [2.45, 2.75) is 26.3 Å². The molecule has 0 saturated heterocycles. The van der Waals surface area contributed by atoms with Gasteiger partial charge in [-0.1, -0.05) is 6.07 Å². The predicted molar refractivity (Wildman–Crippen MR) is 107 cm³/mol. The zero-order valence-electron chi connectivity index (χ0n) is 16.7. The molecule has 6 nitrogen and oxygen atoms in total. The molecular weight excluding hydrogens is 404 g/mol. The van der Waals surface area contributed by atoms with Crippen molar-refractivity contribution in [1.82, 2.24) is 15.2 Å². The molecule has 0 spiro atoms. The number of amides is 2. The third-order valence-electron chi connectivity index (χ3n) is 5.51. The van der Waals surface area contributed by atoms with Crippen molar-refractivity contribution < 1.29 is 23.2 Å². The first-order valence-electron chi connectivity index (χ1n) is 9.74. The van der Waals surface area contributed by atoms with Crippen LogP contribution in [0.4, 0.5) is 8.78 Å². The van der Waals surface area contributed by atoms with E-state index in [0.29, 0.717) is 29.0 Å². The van der Waals surface area contributed by atoms with E-state index in [4.69, 9.17) is 0 Å². The summed E-state index contributed by atoms with van der Waals surface area (Å²) in [6.45, 7) is 1.92. The van der Waals surface area contributed by atoms with Gasteiger partial charge in [0.25, 0.3) is 0 Å². The monoisotopic (exact) mass is 423 g/mol. The highest BCUT2D eigenvalue weighted by Gasteiger charge is 2.42. The molecule has 2 aromatic rings. The summed E-state index contributed by atoms with van der Waals surface area (Å²) in [5.41, 5.74) is 2.47. The van der Waals surface area contributed by atoms with Gasteiger partial charge in [0.05, 0.1) is 0 Å². The minimum atomic E-state index is -1.05. The fourth-order valence-electron chi connectivity index (χ4n) is 3.76. The summed E-state index contributed by atoms with van der Waals surface area (Å²) in [5.74, 6) is -4.25. The number of nitrogens with zero attached hydrogens (tertiary/aromatic N) is 2. The van der Waals surface area contributed by atoms with Gasteiger partial charge in [-0.25, -0.2) is 8.78 Å². The molecule has 31 heavy (non-hydrogen) atoms. The average Bonchev–Trinajstić information content (AvgIpc) is 3.23. The lowest BCUT2D eigenvalue weighted by Gasteiger charge is -2.29. The number of carbonyl (C=O) groups excluding carboxylic acids is 3. The zero-order chi connectivity index (χ0) is 22.1. The van der Waals surface area contributed by atoms with E-state index in [1.807, 2.05) is 0 Å². The van der Waals surface area contributed by atoms with Gasteiger partial charge in [-0.05, 0) is 48.7 Å². The van der Waals surface area contributed by atoms with Gasteiger partial charge < -0.3 is 5.32 Å². The normalized spacial score (nSPS) is 18.2. The van der Waals surface area contributed by atoms with Crippen LogP contribution in [0.3, 0.4) is 0 Å². The third kappa shape index (κ3) is 4.01. The molecule has 2 amide bonds. The number of Topliss-reactive ketones (excluding diaryl/α,β-unsaturated/α-hetero) is 1. The van der Waals surface area contributed by atoms with E-state index >= 15 is 0 Å². The Balaban J connectivity index is 1.51. The Morgan fingerprint density at radius 2 is 1.87 bits per heavy atom. The van der Waals surface area contributed by atoms with Gasteiger partial charge in [0.2, 0.25) is 11.8 Å². The van der Waals surface area contributed by atoms with E-state index in [-0.39, 0.29) is 24.5 Å². The highest BCUT2D eigenvalue weighted by molar-refractivity contribution is 6.14. The van der Waals surface area contributed by atoms with E-state index in [0.717, 1.165) is 17.7 Å². The Kier molecular flexibility index (Phi) is 5.46. The SMILES string of the molecule is CC1=C2CC(C(=O)NCc3ccncc3)=CN2C(=O)C(Cc2ccc(F)c(F)c2)C1=O. The second kappa shape index (κ2) is 8.22. The van der Waals surface area contributed by atoms with Crippen molar-refractivity contribution in [2.24, 2.45) is 5.92 Å². The minimum absolute atomic E-state index is 0.0482. The van der Waals surface area contributed by atoms with Crippen LogP contribution in [-0.4, -0.2) is 27.5 Å². The quantitative estimate of drug-likeness (QED) is 0.751. The van der Waals surface area contributed by atoms with Gasteiger partial charge in [0, 0.05) is 48.4 Å². The van der Waals surface area contributed by atoms with Crippen LogP contribution < -0.4 is 5.32 Å². The third-order valence-corrected chi connectivity index (χ3v) is 5.51. The molecular formula is C23H19F2N3O3. The van der Waals surface area contributed by atoms with Crippen LogP contribution in [-0.2, 0) is 27.3 Å². The lowest BCUT2D eigenvalue weighted by atomic mass is 9.86. The van der Waals surface area contributed by atoms with E-state index < -0.39 is 23.5 Å². The van der Waals surface area contributed by atoms with E-state index in [1.54, 1.807) is 31.5 Å². The number of allylic oxidation sites excluding steroid dienone is 2. The number of benzene rings is 1. The van der Waals surface area contributed by atoms with Crippen LogP contribution in [0.5, 0.6) is 0 Å². The molecule has 3 heterocycles. The number of hydrogen-bond acceptors (Lipinski definition) is 4. The van der Waals surface area contributed by atoms with Crippen molar-refractivity contribution in [2.75, 3.05) is 0 Å². The molecule has 1 unspecified atom stereocenters. The van der Waals surface area contributed by atoms with E-state index in [9.17, 15) is 23.2 Å². The number of carbonyl (C=O) groups is 3. The molecule has 0 saturated carbocycles. The van der Waals surface area contributed by atoms with Crippen LogP contribution in [0.15, 0.2) is 65.8 Å². The Morgan fingerprint density at radius 3 is 2.58 bits per heavy atom. The first-order chi connectivity index (χ1) is 14.8. The molecule has 8 heteroatoms. The maximum atomic E-state index is 13.5. The molecule has 158 valence electrons. The summed E-state index contributed by atoms with van der Waals surface area (Å²) in [5, 5.41) is 2.80. The summed E-state index contributed by atoms with van der Waals surface area (Å²) in [6.07, 6.45) is 4.83. The van der Waals surface area contributed by atoms with Gasteiger partial charge in [0.15, 0.2) is 17.4 Å². The average molecular weight is 423 g/mol. The molecule has 1 N–H and O–H groups in total. The van der Waals surface area contributed by atoms with Crippen molar-refractivity contribution in [3.8, 4) is 0 Å². The Morgan fingerprint density at radius 1 is 1.13 bits per heavy atom. The number of pyridine rings is 1. The van der Waals surface area contributed by atoms with Crippen LogP contribution in [0.25, 0.3) is 0 Å². The lowest BCUT2D eigenvalue weighted by Crippen LogP contribution is -2.41. The summed E-state index contributed by atoms with van der Waals surface area (Å²) in [4.78, 5) is 43.6. The number of fused-ring (bicyclic) bond motifs is 1. The minimum Gasteiger partial charge on any atom is -0.348 e. The number of hydrogen-bond donors (Lipinski definition) is 1. The smallest absolute Gasteiger partial charge is 0.249 e. The number of halogens is 2. The van der Waals surface area contributed by atoms with Gasteiger partial charge in [0.1, 0.15) is 5.92 Å². The molecule has 2 aliphatic heterocycles. The first-order valence-corrected chi connectivity index (χ1v) is 9.74. The molecule has 2 aliphatic rings. The standard InChI is InChI=1S/C23H19F2N3O3/c1-13-20-10-16(22(30)27-11-14-4-6-26-7-5-14)12-28(20)23(31)17(21(13)29)8-15-2-3-18(24)19(25)9-15/h2-7,9,12,17H,8,10-11H2,1H3,(H,27,30). The van der Waals surface area contributed by atoms with E-state index in [2.05, 4.69) is 10.3 Å². The first kappa shape index (κ1) is 20.6. The summed E-state index contributed by atoms with van der Waals surface area (Å²) in [7, 11) is 0. The summed E-state index contributed by atoms with van der Waals surface area (Å²) < 4.78 is 26.7. The second-order valence-corrected chi connectivity index (χ2v) is 7.52. The molecule has 4 rings (SSSR count). The van der Waals surface area contributed by atoms with Crippen molar-refractivity contribution in [3.63, 3.8) is 0 Å². The largest absolute Gasteiger partial charge is 0.348 e. The van der Waals surface area contributed by atoms with E-state index in [1.165, 1.54) is 17.2 Å². The van der Waals surface area contributed by atoms with Crippen LogP contribution >= 0.6 is 0 Å². The molecule has 0 radical (unpaired) electrons. The Labute approximate surface area is 177 Å². The molecule has 0 bridgehead atoms. The van der Waals surface area contributed by atoms with Crippen molar-refractivity contribution in [1.29, 1.82) is 0 Å². The molecule has 0 fully saturated rings. The zero-order valence-corrected chi connectivity index (χ0v) is 16.7. The Bertz CT molecular complexity index is 1140. The molecule has 1 atom stereocenters. The maximum Gasteiger partial charge on any atom is 0.249 e. The Hall–Kier alpha value is -3.68. The van der Waals surface area contributed by atoms with Gasteiger partial charge >= 0.3 is 0 Å². The highest BCUT2D eigenvalue weighted by atomic mass is 19.2. The van der Waals surface area contributed by atoms with Gasteiger partial charge in [-0.3, -0.25) is 24.3 Å². The molecule has 1 aromatic heterocycles. The fraction of sp³-hybridized carbons (Fsp3) is 0.217. The van der Waals surface area contributed by atoms with Crippen molar-refractivity contribution >= 4 is 17.6 Å². The maximum absolute atomic E-state index is 13.5. The van der Waals surface area contributed by atoms with Crippen LogP contribution in [0, 0.1) is 17.6 Å². The topological polar surface area (TPSA) is 79.4 Å². The molecule has 0 aliphatic carbocycles. The van der Waals surface area contributed by atoms with Gasteiger partial charge in [-0.2, -0.15) is 0 Å². The summed E-state index contributed by atoms with van der Waals surface area (Å²) in [6, 6.07) is 6.87. The highest BCUT2D eigenvalue weighted by Crippen LogP contribution is 2.35. The van der Waals surface area contributed by atoms with Crippen LogP contribution in [0.2, 0.25) is 0 Å². The van der Waals surface area contributed by atoms with Crippen molar-refractivity contribution in [3.05, 3.63) is 88.5 Å². The number of ketones is 1. The van der Waals surface area contributed by atoms with Gasteiger partial charge in [-0.15, -0.1) is 0 Å². The number of rotatable bonds is 5. The second-order valence-electron chi connectivity index (χ2n) is 7.52. The van der Waals surface area contributed by atoms with Crippen LogP contribution in [0.1, 0.15) is 24.5 Å². The molecule has 1 aromatic carbocycles.